The zero-order valence-corrected chi connectivity index (χ0v) is 12.4. The van der Waals surface area contributed by atoms with Gasteiger partial charge in [0.25, 0.3) is 0 Å². The molecule has 0 radical (unpaired) electrons. The first kappa shape index (κ1) is 17.0. The second-order valence-electron chi connectivity index (χ2n) is 3.43. The number of nitrogens with two attached hydrogens (primary N) is 1. The summed E-state index contributed by atoms with van der Waals surface area (Å²) in [5, 5.41) is 9.89. The molecule has 3 N–H and O–H groups in total. The second-order valence-corrected chi connectivity index (χ2v) is 4.35. The molecule has 5 nitrogen and oxygen atoms in total. The van der Waals surface area contributed by atoms with Crippen LogP contribution in [0.15, 0.2) is 16.6 Å². The van der Waals surface area contributed by atoms with E-state index in [1.165, 1.54) is 14.2 Å². The Kier molecular flexibility index (Phi) is 7.05. The Hall–Kier alpha value is -0.980. The quantitative estimate of drug-likeness (QED) is 0.821. The molecule has 0 aliphatic carbocycles. The van der Waals surface area contributed by atoms with E-state index < -0.39 is 12.0 Å². The van der Waals surface area contributed by atoms with Crippen LogP contribution >= 0.6 is 28.3 Å². The summed E-state index contributed by atoms with van der Waals surface area (Å²) in [6.07, 6.45) is -0.0103. The lowest BCUT2D eigenvalue weighted by Gasteiger charge is -2.15. The van der Waals surface area contributed by atoms with Crippen LogP contribution in [-0.4, -0.2) is 25.3 Å². The zero-order chi connectivity index (χ0) is 13.0. The highest BCUT2D eigenvalue weighted by molar-refractivity contribution is 9.10. The van der Waals surface area contributed by atoms with E-state index in [2.05, 4.69) is 20.7 Å². The number of aromatic hydroxyl groups is 1. The Morgan fingerprint density at radius 2 is 2.11 bits per heavy atom. The summed E-state index contributed by atoms with van der Waals surface area (Å²) in [6.45, 7) is 0. The monoisotopic (exact) mass is 339 g/mol. The molecule has 0 aliphatic rings. The second kappa shape index (κ2) is 7.45. The van der Waals surface area contributed by atoms with E-state index in [-0.39, 0.29) is 24.6 Å². The van der Waals surface area contributed by atoms with Crippen molar-refractivity contribution in [2.45, 2.75) is 12.5 Å². The van der Waals surface area contributed by atoms with Crippen molar-refractivity contribution in [2.75, 3.05) is 14.2 Å². The third-order valence-corrected chi connectivity index (χ3v) is 2.76. The van der Waals surface area contributed by atoms with Crippen molar-refractivity contribution < 1.29 is 19.4 Å². The van der Waals surface area contributed by atoms with Gasteiger partial charge in [-0.15, -0.1) is 12.4 Å². The number of halogens is 2. The molecular weight excluding hydrogens is 325 g/mol. The number of hydrogen-bond acceptors (Lipinski definition) is 5. The Bertz CT molecular complexity index is 428. The fourth-order valence-electron chi connectivity index (χ4n) is 1.41. The van der Waals surface area contributed by atoms with Crippen molar-refractivity contribution >= 4 is 34.3 Å². The minimum absolute atomic E-state index is 0. The van der Waals surface area contributed by atoms with Gasteiger partial charge >= 0.3 is 5.97 Å². The summed E-state index contributed by atoms with van der Waals surface area (Å²) in [5.41, 5.74) is 6.26. The number of ether oxygens (including phenoxy) is 2. The van der Waals surface area contributed by atoms with E-state index in [4.69, 9.17) is 10.5 Å². The number of carbonyl (C=O) groups is 1. The molecule has 0 amide bonds. The molecule has 0 spiro atoms. The molecule has 0 aromatic heterocycles. The van der Waals surface area contributed by atoms with Gasteiger partial charge in [-0.25, -0.2) is 0 Å². The van der Waals surface area contributed by atoms with Crippen LogP contribution in [0.5, 0.6) is 11.5 Å². The number of phenols is 1. The van der Waals surface area contributed by atoms with E-state index in [1.54, 1.807) is 12.1 Å². The highest BCUT2D eigenvalue weighted by atomic mass is 79.9. The molecule has 0 saturated carbocycles. The van der Waals surface area contributed by atoms with Gasteiger partial charge < -0.3 is 20.3 Å². The van der Waals surface area contributed by atoms with Gasteiger partial charge in [-0.05, 0) is 12.1 Å². The van der Waals surface area contributed by atoms with Gasteiger partial charge in [-0.2, -0.15) is 0 Å². The molecule has 0 aliphatic heterocycles. The fourth-order valence-corrected chi connectivity index (χ4v) is 1.86. The smallest absolute Gasteiger partial charge is 0.307 e. The summed E-state index contributed by atoms with van der Waals surface area (Å²) in [7, 11) is 2.73. The third-order valence-electron chi connectivity index (χ3n) is 2.30. The van der Waals surface area contributed by atoms with E-state index in [0.717, 1.165) is 0 Å². The summed E-state index contributed by atoms with van der Waals surface area (Å²) in [6, 6.07) is 2.61. The highest BCUT2D eigenvalue weighted by Crippen LogP contribution is 2.37. The van der Waals surface area contributed by atoms with Crippen LogP contribution in [0.2, 0.25) is 0 Å². The van der Waals surface area contributed by atoms with Crippen molar-refractivity contribution in [1.29, 1.82) is 0 Å². The first-order valence-electron chi connectivity index (χ1n) is 4.88. The van der Waals surface area contributed by atoms with Gasteiger partial charge in [0.2, 0.25) is 0 Å². The summed E-state index contributed by atoms with van der Waals surface area (Å²) in [4.78, 5) is 11.1. The maximum Gasteiger partial charge on any atom is 0.307 e. The largest absolute Gasteiger partial charge is 0.504 e. The lowest BCUT2D eigenvalue weighted by Crippen LogP contribution is -2.16. The molecular formula is C11H15BrClNO4. The number of phenolic OH excluding ortho intramolecular Hbond substituents is 1. The minimum atomic E-state index is -0.645. The number of hydrogen-bond donors (Lipinski definition) is 2. The van der Waals surface area contributed by atoms with E-state index in [1.807, 2.05) is 0 Å². The fraction of sp³-hybridized carbons (Fsp3) is 0.364. The summed E-state index contributed by atoms with van der Waals surface area (Å²) >= 11 is 3.28. The first-order chi connectivity index (χ1) is 7.99. The van der Waals surface area contributed by atoms with Gasteiger partial charge in [0.15, 0.2) is 11.5 Å². The predicted octanol–water partition coefficient (Wildman–Crippen LogP) is 2.15. The average molecular weight is 341 g/mol. The minimum Gasteiger partial charge on any atom is -0.504 e. The molecule has 0 fully saturated rings. The molecule has 1 aromatic rings. The summed E-state index contributed by atoms with van der Waals surface area (Å²) < 4.78 is 10.2. The van der Waals surface area contributed by atoms with Gasteiger partial charge in [-0.3, -0.25) is 4.79 Å². The normalized spacial score (nSPS) is 11.3. The standard InChI is InChI=1S/C11H14BrNO4.ClH/c1-16-9-4-6(12)3-7(11(9)15)8(13)5-10(14)17-2;/h3-4,8,15H,5,13H2,1-2H3;1H/t8-;/m1./s1. The van der Waals surface area contributed by atoms with Crippen LogP contribution in [0.4, 0.5) is 0 Å². The van der Waals surface area contributed by atoms with Crippen molar-refractivity contribution in [3.63, 3.8) is 0 Å². The van der Waals surface area contributed by atoms with Crippen LogP contribution in [0.3, 0.4) is 0 Å². The molecule has 1 atom stereocenters. The first-order valence-corrected chi connectivity index (χ1v) is 5.67. The van der Waals surface area contributed by atoms with Gasteiger partial charge in [0, 0.05) is 16.1 Å². The molecule has 0 heterocycles. The topological polar surface area (TPSA) is 81.8 Å². The van der Waals surface area contributed by atoms with Crippen LogP contribution in [0.1, 0.15) is 18.0 Å². The maximum atomic E-state index is 11.1. The van der Waals surface area contributed by atoms with Crippen molar-refractivity contribution in [3.8, 4) is 11.5 Å². The molecule has 1 rings (SSSR count). The van der Waals surface area contributed by atoms with Crippen LogP contribution < -0.4 is 10.5 Å². The Morgan fingerprint density at radius 1 is 1.50 bits per heavy atom. The molecule has 18 heavy (non-hydrogen) atoms. The van der Waals surface area contributed by atoms with Crippen LogP contribution in [-0.2, 0) is 9.53 Å². The lowest BCUT2D eigenvalue weighted by molar-refractivity contribution is -0.141. The van der Waals surface area contributed by atoms with Gasteiger partial charge in [0.05, 0.1) is 20.6 Å². The van der Waals surface area contributed by atoms with Crippen molar-refractivity contribution in [3.05, 3.63) is 22.2 Å². The van der Waals surface area contributed by atoms with Crippen molar-refractivity contribution in [2.24, 2.45) is 5.73 Å². The lowest BCUT2D eigenvalue weighted by atomic mass is 10.0. The Morgan fingerprint density at radius 3 is 2.61 bits per heavy atom. The summed E-state index contributed by atoms with van der Waals surface area (Å²) in [5.74, 6) is -0.197. The number of carbonyl (C=O) groups excluding carboxylic acids is 1. The van der Waals surface area contributed by atoms with Crippen LogP contribution in [0, 0.1) is 0 Å². The number of rotatable bonds is 4. The van der Waals surface area contributed by atoms with Gasteiger partial charge in [0.1, 0.15) is 0 Å². The number of esters is 1. The molecule has 0 bridgehead atoms. The average Bonchev–Trinajstić information content (AvgIpc) is 2.31. The van der Waals surface area contributed by atoms with Gasteiger partial charge in [-0.1, -0.05) is 15.9 Å². The Balaban J connectivity index is 0.00000289. The number of benzene rings is 1. The van der Waals surface area contributed by atoms with Crippen LogP contribution in [0.25, 0.3) is 0 Å². The van der Waals surface area contributed by atoms with E-state index in [9.17, 15) is 9.90 Å². The Labute approximate surface area is 120 Å². The predicted molar refractivity (Wildman–Crippen MR) is 73.2 cm³/mol. The number of methoxy groups -OCH3 is 2. The molecule has 102 valence electrons. The molecule has 7 heteroatoms. The SMILES string of the molecule is COC(=O)C[C@@H](N)c1cc(Br)cc(OC)c1O.Cl. The molecule has 0 saturated heterocycles. The zero-order valence-electron chi connectivity index (χ0n) is 9.97. The van der Waals surface area contributed by atoms with E-state index in [0.29, 0.717) is 15.8 Å². The highest BCUT2D eigenvalue weighted by Gasteiger charge is 2.19. The molecule has 0 unspecified atom stereocenters. The van der Waals surface area contributed by atoms with Crippen molar-refractivity contribution in [1.82, 2.24) is 0 Å². The maximum absolute atomic E-state index is 11.1. The molecule has 1 aromatic carbocycles. The van der Waals surface area contributed by atoms with E-state index >= 15 is 0 Å². The third kappa shape index (κ3) is 4.04.